The maximum absolute atomic E-state index is 6.11. The van der Waals surface area contributed by atoms with Crippen LogP contribution in [-0.2, 0) is 11.3 Å². The summed E-state index contributed by atoms with van der Waals surface area (Å²) < 4.78 is 11.5. The first-order valence-electron chi connectivity index (χ1n) is 9.46. The lowest BCUT2D eigenvalue weighted by Crippen LogP contribution is -2.37. The van der Waals surface area contributed by atoms with Crippen molar-refractivity contribution in [2.24, 2.45) is 10.9 Å². The Morgan fingerprint density at radius 1 is 1.33 bits per heavy atom. The van der Waals surface area contributed by atoms with Gasteiger partial charge in [0, 0.05) is 38.2 Å². The summed E-state index contributed by atoms with van der Waals surface area (Å²) in [5, 5.41) is 6.77. The largest absolute Gasteiger partial charge is 0.493 e. The van der Waals surface area contributed by atoms with E-state index in [1.165, 1.54) is 17.7 Å². The molecule has 0 aliphatic carbocycles. The Morgan fingerprint density at radius 2 is 2.19 bits per heavy atom. The number of hydrogen-bond acceptors (Lipinski definition) is 4. The van der Waals surface area contributed by atoms with Crippen molar-refractivity contribution in [3.63, 3.8) is 0 Å². The van der Waals surface area contributed by atoms with E-state index in [4.69, 9.17) is 9.47 Å². The second-order valence-electron chi connectivity index (χ2n) is 6.70. The smallest absolute Gasteiger partial charge is 0.191 e. The normalized spacial score (nSPS) is 16.7. The van der Waals surface area contributed by atoms with Crippen LogP contribution in [0.15, 0.2) is 23.2 Å². The van der Waals surface area contributed by atoms with Crippen LogP contribution in [0, 0.1) is 12.8 Å². The molecule has 2 rings (SSSR count). The molecule has 1 aromatic carbocycles. The fraction of sp³-hybridized carbons (Fsp3) is 0.650. The highest BCUT2D eigenvalue weighted by molar-refractivity contribution is 14.0. The minimum atomic E-state index is 0. The Kier molecular flexibility index (Phi) is 12.9. The van der Waals surface area contributed by atoms with Gasteiger partial charge in [0.15, 0.2) is 5.96 Å². The van der Waals surface area contributed by atoms with E-state index >= 15 is 0 Å². The molecule has 0 radical (unpaired) electrons. The number of thioether (sulfide) groups is 1. The summed E-state index contributed by atoms with van der Waals surface area (Å²) in [6.07, 6.45) is 5.62. The molecule has 1 heterocycles. The van der Waals surface area contributed by atoms with Crippen molar-refractivity contribution in [1.29, 1.82) is 0 Å². The summed E-state index contributed by atoms with van der Waals surface area (Å²) in [6.45, 7) is 6.12. The zero-order valence-electron chi connectivity index (χ0n) is 16.8. The number of guanidine groups is 1. The van der Waals surface area contributed by atoms with Gasteiger partial charge in [0.2, 0.25) is 0 Å². The molecule has 7 heteroatoms. The van der Waals surface area contributed by atoms with Gasteiger partial charge in [-0.3, -0.25) is 4.99 Å². The number of ether oxygens (including phenoxy) is 2. The summed E-state index contributed by atoms with van der Waals surface area (Å²) in [5.74, 6) is 3.51. The summed E-state index contributed by atoms with van der Waals surface area (Å²) in [6, 6.07) is 6.38. The number of nitrogens with one attached hydrogen (secondary N) is 2. The SMILES string of the molecule is CN=C(NCCCCSC)NCc1ccc(C)cc1OCC1CCOC1.I. The van der Waals surface area contributed by atoms with Crippen LogP contribution in [0.1, 0.15) is 30.4 Å². The van der Waals surface area contributed by atoms with Crippen LogP contribution in [0.4, 0.5) is 0 Å². The number of rotatable bonds is 10. The van der Waals surface area contributed by atoms with Gasteiger partial charge in [0.25, 0.3) is 0 Å². The number of unbranched alkanes of at least 4 members (excludes halogenated alkanes) is 1. The molecular formula is C20H34IN3O2S. The molecule has 5 nitrogen and oxygen atoms in total. The lowest BCUT2D eigenvalue weighted by molar-refractivity contribution is 0.166. The summed E-state index contributed by atoms with van der Waals surface area (Å²) >= 11 is 1.89. The fourth-order valence-electron chi connectivity index (χ4n) is 2.84. The van der Waals surface area contributed by atoms with E-state index in [0.29, 0.717) is 12.5 Å². The van der Waals surface area contributed by atoms with E-state index in [2.05, 4.69) is 47.0 Å². The van der Waals surface area contributed by atoms with Crippen molar-refractivity contribution < 1.29 is 9.47 Å². The quantitative estimate of drug-likeness (QED) is 0.218. The topological polar surface area (TPSA) is 54.9 Å². The van der Waals surface area contributed by atoms with Crippen molar-refractivity contribution in [1.82, 2.24) is 10.6 Å². The molecule has 2 N–H and O–H groups in total. The zero-order chi connectivity index (χ0) is 18.6. The third kappa shape index (κ3) is 9.38. The summed E-state index contributed by atoms with van der Waals surface area (Å²) in [7, 11) is 1.81. The molecule has 0 spiro atoms. The van der Waals surface area contributed by atoms with E-state index in [1.807, 2.05) is 18.8 Å². The van der Waals surface area contributed by atoms with Crippen molar-refractivity contribution in [3.8, 4) is 5.75 Å². The highest BCUT2D eigenvalue weighted by atomic mass is 127. The van der Waals surface area contributed by atoms with Crippen LogP contribution in [0.3, 0.4) is 0 Å². The van der Waals surface area contributed by atoms with Crippen molar-refractivity contribution in [3.05, 3.63) is 29.3 Å². The second-order valence-corrected chi connectivity index (χ2v) is 7.69. The lowest BCUT2D eigenvalue weighted by atomic mass is 10.1. The molecule has 1 saturated heterocycles. The van der Waals surface area contributed by atoms with Gasteiger partial charge >= 0.3 is 0 Å². The van der Waals surface area contributed by atoms with Gasteiger partial charge < -0.3 is 20.1 Å². The van der Waals surface area contributed by atoms with Crippen LogP contribution in [0.5, 0.6) is 5.75 Å². The average molecular weight is 507 g/mol. The Hall–Kier alpha value is -0.670. The molecule has 1 unspecified atom stereocenters. The molecule has 0 amide bonds. The first-order valence-corrected chi connectivity index (χ1v) is 10.9. The molecule has 0 saturated carbocycles. The fourth-order valence-corrected chi connectivity index (χ4v) is 3.34. The molecule has 1 aromatic rings. The predicted molar refractivity (Wildman–Crippen MR) is 127 cm³/mol. The summed E-state index contributed by atoms with van der Waals surface area (Å²) in [4.78, 5) is 4.31. The van der Waals surface area contributed by atoms with Gasteiger partial charge in [-0.25, -0.2) is 0 Å². The molecule has 1 atom stereocenters. The minimum Gasteiger partial charge on any atom is -0.493 e. The van der Waals surface area contributed by atoms with E-state index in [0.717, 1.165) is 56.5 Å². The van der Waals surface area contributed by atoms with Crippen molar-refractivity contribution in [2.45, 2.75) is 32.7 Å². The average Bonchev–Trinajstić information content (AvgIpc) is 3.17. The third-order valence-corrected chi connectivity index (χ3v) is 5.16. The highest BCUT2D eigenvalue weighted by Crippen LogP contribution is 2.22. The van der Waals surface area contributed by atoms with Gasteiger partial charge in [-0.1, -0.05) is 12.1 Å². The van der Waals surface area contributed by atoms with Crippen LogP contribution < -0.4 is 15.4 Å². The monoisotopic (exact) mass is 507 g/mol. The van der Waals surface area contributed by atoms with E-state index < -0.39 is 0 Å². The van der Waals surface area contributed by atoms with Crippen molar-refractivity contribution in [2.75, 3.05) is 45.4 Å². The first-order chi connectivity index (χ1) is 12.7. The van der Waals surface area contributed by atoms with Gasteiger partial charge in [0.1, 0.15) is 5.75 Å². The Bertz CT molecular complexity index is 566. The number of nitrogens with zero attached hydrogens (tertiary/aromatic N) is 1. The molecule has 1 fully saturated rings. The number of hydrogen-bond donors (Lipinski definition) is 2. The van der Waals surface area contributed by atoms with E-state index in [-0.39, 0.29) is 24.0 Å². The lowest BCUT2D eigenvalue weighted by Gasteiger charge is -2.17. The van der Waals surface area contributed by atoms with Crippen LogP contribution in [0.2, 0.25) is 0 Å². The second kappa shape index (κ2) is 14.3. The van der Waals surface area contributed by atoms with E-state index in [1.54, 1.807) is 0 Å². The Labute approximate surface area is 185 Å². The standard InChI is InChI=1S/C20H33N3O2S.HI/c1-16-6-7-18(19(12-16)25-15-17-8-10-24-14-17)13-23-20(21-2)22-9-4-5-11-26-3;/h6-7,12,17H,4-5,8-11,13-15H2,1-3H3,(H2,21,22,23);1H. The van der Waals surface area contributed by atoms with Crippen molar-refractivity contribution >= 4 is 41.7 Å². The van der Waals surface area contributed by atoms with E-state index in [9.17, 15) is 0 Å². The molecule has 1 aliphatic rings. The molecule has 154 valence electrons. The highest BCUT2D eigenvalue weighted by Gasteiger charge is 2.17. The molecule has 0 bridgehead atoms. The first kappa shape index (κ1) is 24.4. The van der Waals surface area contributed by atoms with Gasteiger partial charge in [-0.2, -0.15) is 11.8 Å². The number of halogens is 1. The molecule has 0 aromatic heterocycles. The van der Waals surface area contributed by atoms with Gasteiger partial charge in [-0.05, 0) is 49.8 Å². The maximum Gasteiger partial charge on any atom is 0.191 e. The molecule has 27 heavy (non-hydrogen) atoms. The predicted octanol–water partition coefficient (Wildman–Crippen LogP) is 3.84. The van der Waals surface area contributed by atoms with Gasteiger partial charge in [-0.15, -0.1) is 24.0 Å². The number of aliphatic imine (C=N–C) groups is 1. The third-order valence-electron chi connectivity index (χ3n) is 4.46. The summed E-state index contributed by atoms with van der Waals surface area (Å²) in [5.41, 5.74) is 2.36. The maximum atomic E-state index is 6.11. The van der Waals surface area contributed by atoms with Crippen LogP contribution in [-0.4, -0.2) is 51.4 Å². The molecular weight excluding hydrogens is 473 g/mol. The number of benzene rings is 1. The molecule has 1 aliphatic heterocycles. The number of aryl methyl sites for hydroxylation is 1. The van der Waals surface area contributed by atoms with Crippen LogP contribution in [0.25, 0.3) is 0 Å². The minimum absolute atomic E-state index is 0. The Balaban J connectivity index is 0.00000364. The van der Waals surface area contributed by atoms with Crippen LogP contribution >= 0.6 is 35.7 Å². The van der Waals surface area contributed by atoms with Gasteiger partial charge in [0.05, 0.1) is 13.2 Å². The zero-order valence-corrected chi connectivity index (χ0v) is 19.9. The Morgan fingerprint density at radius 3 is 2.89 bits per heavy atom.